The number of fused-ring (bicyclic) bond motifs is 1. The van der Waals surface area contributed by atoms with Gasteiger partial charge < -0.3 is 24.4 Å². The number of benzene rings is 1. The molecule has 3 aliphatic heterocycles. The average molecular weight is 610 g/mol. The van der Waals surface area contributed by atoms with Crippen LogP contribution in [0, 0.1) is 17.8 Å². The van der Waals surface area contributed by atoms with Crippen LogP contribution in [0.1, 0.15) is 26.7 Å². The molecular formula is C28H34BrClN2O6. The van der Waals surface area contributed by atoms with E-state index < -0.39 is 47.5 Å². The van der Waals surface area contributed by atoms with Crippen molar-refractivity contribution < 1.29 is 29.0 Å². The average Bonchev–Trinajstić information content (AvgIpc) is 3.50. The zero-order valence-corrected chi connectivity index (χ0v) is 23.9. The Balaban J connectivity index is 1.87. The van der Waals surface area contributed by atoms with Crippen LogP contribution < -0.4 is 4.90 Å². The van der Waals surface area contributed by atoms with E-state index in [1.54, 1.807) is 30.3 Å². The Kier molecular flexibility index (Phi) is 8.71. The smallest absolute Gasteiger partial charge is 0.312 e. The van der Waals surface area contributed by atoms with Gasteiger partial charge in [0.2, 0.25) is 5.91 Å². The lowest BCUT2D eigenvalue weighted by Crippen LogP contribution is -2.60. The summed E-state index contributed by atoms with van der Waals surface area (Å²) < 4.78 is 11.9. The number of aliphatic hydroxyl groups is 1. The van der Waals surface area contributed by atoms with Gasteiger partial charge in [0.25, 0.3) is 5.91 Å². The lowest BCUT2D eigenvalue weighted by Gasteiger charge is -2.41. The van der Waals surface area contributed by atoms with Gasteiger partial charge in [0.1, 0.15) is 18.2 Å². The van der Waals surface area contributed by atoms with Gasteiger partial charge in [-0.2, -0.15) is 0 Å². The van der Waals surface area contributed by atoms with Crippen molar-refractivity contribution in [2.24, 2.45) is 17.8 Å². The van der Waals surface area contributed by atoms with Crippen molar-refractivity contribution in [3.8, 4) is 0 Å². The third kappa shape index (κ3) is 4.51. The number of carbonyl (C=O) groups excluding carboxylic acids is 3. The van der Waals surface area contributed by atoms with E-state index in [9.17, 15) is 19.5 Å². The van der Waals surface area contributed by atoms with Gasteiger partial charge in [-0.05, 0) is 24.5 Å². The number of nitrogens with zero attached hydrogens (tertiary/aromatic N) is 2. The Morgan fingerprint density at radius 3 is 2.68 bits per heavy atom. The van der Waals surface area contributed by atoms with Crippen molar-refractivity contribution >= 4 is 51.0 Å². The number of amides is 2. The molecule has 38 heavy (non-hydrogen) atoms. The summed E-state index contributed by atoms with van der Waals surface area (Å²) >= 11 is 10.1. The van der Waals surface area contributed by atoms with E-state index in [1.165, 1.54) is 15.9 Å². The van der Waals surface area contributed by atoms with Crippen LogP contribution in [0.5, 0.6) is 0 Å². The molecule has 3 unspecified atom stereocenters. The van der Waals surface area contributed by atoms with E-state index in [0.717, 1.165) is 0 Å². The number of esters is 1. The van der Waals surface area contributed by atoms with Crippen LogP contribution in [-0.4, -0.2) is 76.2 Å². The topological polar surface area (TPSA) is 96.4 Å². The summed E-state index contributed by atoms with van der Waals surface area (Å²) in [6.07, 6.45) is 3.43. The highest BCUT2D eigenvalue weighted by atomic mass is 79.9. The maximum absolute atomic E-state index is 14.6. The van der Waals surface area contributed by atoms with E-state index in [0.29, 0.717) is 23.6 Å². The van der Waals surface area contributed by atoms with Gasteiger partial charge in [0.05, 0.1) is 41.3 Å². The third-order valence-electron chi connectivity index (χ3n) is 8.14. The molecule has 1 spiro atoms. The first-order chi connectivity index (χ1) is 18.2. The number of hydrogen-bond acceptors (Lipinski definition) is 6. The molecule has 1 N–H and O–H groups in total. The monoisotopic (exact) mass is 608 g/mol. The van der Waals surface area contributed by atoms with E-state index in [1.807, 2.05) is 13.8 Å². The number of carbonyl (C=O) groups is 3. The van der Waals surface area contributed by atoms with E-state index in [4.69, 9.17) is 21.1 Å². The van der Waals surface area contributed by atoms with E-state index >= 15 is 0 Å². The first-order valence-electron chi connectivity index (χ1n) is 12.9. The molecule has 3 heterocycles. The number of aliphatic hydroxyl groups excluding tert-OH is 1. The Bertz CT molecular complexity index is 1120. The summed E-state index contributed by atoms with van der Waals surface area (Å²) in [6, 6.07) is 5.21. The van der Waals surface area contributed by atoms with Gasteiger partial charge in [-0.15, -0.1) is 6.58 Å². The number of alkyl halides is 1. The molecule has 2 bridgehead atoms. The molecule has 0 aliphatic carbocycles. The molecule has 4 rings (SSSR count). The van der Waals surface area contributed by atoms with E-state index in [2.05, 4.69) is 29.1 Å². The van der Waals surface area contributed by atoms with Crippen molar-refractivity contribution in [2.45, 2.75) is 55.3 Å². The lowest BCUT2D eigenvalue weighted by atomic mass is 9.70. The minimum atomic E-state index is -1.29. The summed E-state index contributed by atoms with van der Waals surface area (Å²) in [5.41, 5.74) is -0.813. The number of ether oxygens (including phenoxy) is 2. The number of halogens is 2. The van der Waals surface area contributed by atoms with Gasteiger partial charge in [0.15, 0.2) is 0 Å². The Morgan fingerprint density at radius 2 is 2.08 bits per heavy atom. The molecule has 1 aromatic rings. The minimum Gasteiger partial charge on any atom is -0.461 e. The number of hydrogen-bond donors (Lipinski definition) is 1. The van der Waals surface area contributed by atoms with Crippen molar-refractivity contribution in [3.63, 3.8) is 0 Å². The highest BCUT2D eigenvalue weighted by Gasteiger charge is 2.77. The molecule has 2 amide bonds. The van der Waals surface area contributed by atoms with Gasteiger partial charge in [-0.25, -0.2) is 0 Å². The Labute approximate surface area is 236 Å². The molecule has 206 valence electrons. The molecule has 10 heteroatoms. The van der Waals surface area contributed by atoms with E-state index in [-0.39, 0.29) is 36.4 Å². The summed E-state index contributed by atoms with van der Waals surface area (Å²) in [5.74, 6) is -3.30. The van der Waals surface area contributed by atoms with Crippen LogP contribution in [0.2, 0.25) is 5.02 Å². The largest absolute Gasteiger partial charge is 0.461 e. The molecule has 0 saturated carbocycles. The molecule has 0 aromatic heterocycles. The Morgan fingerprint density at radius 1 is 1.37 bits per heavy atom. The van der Waals surface area contributed by atoms with Crippen molar-refractivity contribution in [1.29, 1.82) is 0 Å². The second-order valence-corrected chi connectivity index (χ2v) is 11.7. The maximum Gasteiger partial charge on any atom is 0.312 e. The number of anilines is 1. The van der Waals surface area contributed by atoms with Crippen LogP contribution >= 0.6 is 27.5 Å². The predicted octanol–water partition coefficient (Wildman–Crippen LogP) is 3.74. The number of likely N-dealkylation sites (tertiary alicyclic amines) is 1. The summed E-state index contributed by atoms with van der Waals surface area (Å²) in [4.78, 5) is 44.8. The van der Waals surface area contributed by atoms with Gasteiger partial charge in [-0.1, -0.05) is 78.7 Å². The summed E-state index contributed by atoms with van der Waals surface area (Å²) in [6.45, 7) is 11.1. The molecular weight excluding hydrogens is 576 g/mol. The fraction of sp³-hybridized carbons (Fsp3) is 0.536. The standard InChI is InChI=1S/C28H34BrClN2O6/c1-5-12-31(19-11-9-8-10-18(19)30)26(35)24-28-14-17(29)23(38-28)21(27(36)37-13-6-2)22(28)25(34)32(24)20(15-33)16(4)7-3/h5-6,8-11,16-17,20-24,33H,1-2,7,12-15H2,3-4H3/t16-,17?,20-,21+,22-,23+,24?,28?/m0/s1. The summed E-state index contributed by atoms with van der Waals surface area (Å²) in [5, 5.41) is 10.8. The molecule has 3 saturated heterocycles. The van der Waals surface area contributed by atoms with Gasteiger partial charge in [0, 0.05) is 11.4 Å². The van der Waals surface area contributed by atoms with Crippen molar-refractivity contribution in [1.82, 2.24) is 4.90 Å². The predicted molar refractivity (Wildman–Crippen MR) is 148 cm³/mol. The minimum absolute atomic E-state index is 0.000736. The fourth-order valence-electron chi connectivity index (χ4n) is 6.28. The molecule has 8 atom stereocenters. The molecule has 0 radical (unpaired) electrons. The van der Waals surface area contributed by atoms with Gasteiger partial charge >= 0.3 is 5.97 Å². The quantitative estimate of drug-likeness (QED) is 0.233. The van der Waals surface area contributed by atoms with Crippen LogP contribution in [0.25, 0.3) is 0 Å². The highest BCUT2D eigenvalue weighted by molar-refractivity contribution is 9.09. The maximum atomic E-state index is 14.6. The molecule has 1 aromatic carbocycles. The van der Waals surface area contributed by atoms with Crippen LogP contribution in [0.3, 0.4) is 0 Å². The Hall–Kier alpha value is -2.20. The normalized spacial score (nSPS) is 31.0. The zero-order valence-electron chi connectivity index (χ0n) is 21.6. The fourth-order valence-corrected chi connectivity index (χ4v) is 7.46. The lowest BCUT2D eigenvalue weighted by molar-refractivity contribution is -0.155. The second-order valence-electron chi connectivity index (χ2n) is 10.2. The molecule has 3 aliphatic rings. The number of para-hydroxylation sites is 1. The second kappa shape index (κ2) is 11.5. The molecule has 3 fully saturated rings. The first-order valence-corrected chi connectivity index (χ1v) is 14.2. The van der Waals surface area contributed by atoms with Crippen LogP contribution in [-0.2, 0) is 23.9 Å². The van der Waals surface area contributed by atoms with Crippen molar-refractivity contribution in [3.05, 3.63) is 54.6 Å². The molecule has 8 nitrogen and oxygen atoms in total. The first kappa shape index (κ1) is 28.8. The van der Waals surface area contributed by atoms with Crippen LogP contribution in [0.4, 0.5) is 5.69 Å². The van der Waals surface area contributed by atoms with Crippen LogP contribution in [0.15, 0.2) is 49.6 Å². The number of rotatable bonds is 11. The third-order valence-corrected chi connectivity index (χ3v) is 9.31. The zero-order chi connectivity index (χ0) is 27.8. The van der Waals surface area contributed by atoms with Gasteiger partial charge in [-0.3, -0.25) is 14.4 Å². The van der Waals surface area contributed by atoms with Crippen molar-refractivity contribution in [2.75, 3.05) is 24.7 Å². The SMILES string of the molecule is C=CCOC(=O)[C@H]1[C@@H]2OC3(CC2Br)C(C(=O)N(CC=C)c2ccccc2Cl)N([C@@H](CO)[C@@H](C)CC)C(=O)[C@H]13. The summed E-state index contributed by atoms with van der Waals surface area (Å²) in [7, 11) is 0. The highest BCUT2D eigenvalue weighted by Crippen LogP contribution is 2.61.